The van der Waals surface area contributed by atoms with Gasteiger partial charge in [0.2, 0.25) is 0 Å². The molecule has 2 aromatic carbocycles. The number of aliphatic carboxylic acids is 1. The number of thiazole rings is 1. The van der Waals surface area contributed by atoms with Crippen LogP contribution in [0.25, 0.3) is 11.3 Å². The number of hydrogen-bond acceptors (Lipinski definition) is 7. The van der Waals surface area contributed by atoms with E-state index < -0.39 is 12.6 Å². The Bertz CT molecular complexity index is 1060. The molecule has 1 saturated heterocycles. The van der Waals surface area contributed by atoms with Crippen LogP contribution >= 0.6 is 11.3 Å². The zero-order valence-corrected chi connectivity index (χ0v) is 17.4. The molecule has 0 radical (unpaired) electrons. The summed E-state index contributed by atoms with van der Waals surface area (Å²) in [5.41, 5.74) is 2.89. The minimum Gasteiger partial charge on any atom is -0.482 e. The minimum absolute atomic E-state index is 0.309. The Morgan fingerprint density at radius 3 is 2.68 bits per heavy atom. The van der Waals surface area contributed by atoms with Crippen LogP contribution in [0.2, 0.25) is 0 Å². The zero-order valence-electron chi connectivity index (χ0n) is 16.6. The first-order chi connectivity index (χ1) is 15.1. The van der Waals surface area contributed by atoms with Crippen molar-refractivity contribution in [3.05, 3.63) is 59.5 Å². The summed E-state index contributed by atoms with van der Waals surface area (Å²) in [7, 11) is 0. The molecular formula is C22H21N3O5S. The third-order valence-electron chi connectivity index (χ3n) is 4.67. The molecule has 2 N–H and O–H groups in total. The van der Waals surface area contributed by atoms with Crippen LogP contribution in [0.15, 0.2) is 53.9 Å². The monoisotopic (exact) mass is 439 g/mol. The molecule has 1 aliphatic heterocycles. The summed E-state index contributed by atoms with van der Waals surface area (Å²) in [5.74, 6) is -1.06. The van der Waals surface area contributed by atoms with E-state index in [1.54, 1.807) is 29.5 Å². The molecule has 1 aromatic heterocycles. The lowest BCUT2D eigenvalue weighted by Gasteiger charge is -2.26. The first-order valence-corrected chi connectivity index (χ1v) is 10.6. The maximum atomic E-state index is 12.5. The summed E-state index contributed by atoms with van der Waals surface area (Å²) in [6.07, 6.45) is 0. The second-order valence-corrected chi connectivity index (χ2v) is 7.69. The highest BCUT2D eigenvalue weighted by Crippen LogP contribution is 2.28. The van der Waals surface area contributed by atoms with Gasteiger partial charge in [-0.05, 0) is 30.3 Å². The van der Waals surface area contributed by atoms with Crippen LogP contribution in [-0.4, -0.2) is 54.9 Å². The zero-order chi connectivity index (χ0) is 21.6. The number of carboxylic acids is 1. The molecular weight excluding hydrogens is 418 g/mol. The van der Waals surface area contributed by atoms with E-state index in [1.807, 2.05) is 29.6 Å². The average Bonchev–Trinajstić information content (AvgIpc) is 3.29. The summed E-state index contributed by atoms with van der Waals surface area (Å²) in [5, 5.41) is 14.6. The number of morpholine rings is 1. The van der Waals surface area contributed by atoms with Crippen LogP contribution in [0.1, 0.15) is 10.4 Å². The average molecular weight is 439 g/mol. The molecule has 0 aliphatic carbocycles. The number of benzene rings is 2. The molecule has 4 rings (SSSR count). The highest BCUT2D eigenvalue weighted by Gasteiger charge is 2.15. The van der Waals surface area contributed by atoms with Gasteiger partial charge in [0.05, 0.1) is 18.9 Å². The van der Waals surface area contributed by atoms with Crippen molar-refractivity contribution in [1.29, 1.82) is 0 Å². The van der Waals surface area contributed by atoms with Gasteiger partial charge < -0.3 is 24.8 Å². The van der Waals surface area contributed by atoms with Crippen molar-refractivity contribution in [2.45, 2.75) is 0 Å². The van der Waals surface area contributed by atoms with Crippen LogP contribution in [0.4, 0.5) is 10.8 Å². The van der Waals surface area contributed by atoms with Crippen molar-refractivity contribution in [2.24, 2.45) is 0 Å². The molecule has 3 aromatic rings. The second kappa shape index (κ2) is 9.59. The molecule has 1 fully saturated rings. The van der Waals surface area contributed by atoms with Gasteiger partial charge in [0.1, 0.15) is 5.75 Å². The number of amides is 1. The van der Waals surface area contributed by atoms with E-state index in [0.29, 0.717) is 17.0 Å². The number of ether oxygens (including phenoxy) is 2. The maximum Gasteiger partial charge on any atom is 0.341 e. The lowest BCUT2D eigenvalue weighted by Crippen LogP contribution is -2.36. The van der Waals surface area contributed by atoms with E-state index in [0.717, 1.165) is 42.7 Å². The van der Waals surface area contributed by atoms with Gasteiger partial charge in [-0.3, -0.25) is 4.79 Å². The van der Waals surface area contributed by atoms with Crippen LogP contribution < -0.4 is 15.0 Å². The van der Waals surface area contributed by atoms with E-state index in [2.05, 4.69) is 10.2 Å². The van der Waals surface area contributed by atoms with E-state index in [9.17, 15) is 9.59 Å². The fourth-order valence-electron chi connectivity index (χ4n) is 3.10. The van der Waals surface area contributed by atoms with Crippen molar-refractivity contribution in [1.82, 2.24) is 4.98 Å². The molecule has 31 heavy (non-hydrogen) atoms. The fraction of sp³-hybridized carbons (Fsp3) is 0.227. The van der Waals surface area contributed by atoms with E-state index in [1.165, 1.54) is 6.07 Å². The Hall–Kier alpha value is -3.43. The number of nitrogens with one attached hydrogen (secondary N) is 1. The minimum atomic E-state index is -1.08. The highest BCUT2D eigenvalue weighted by molar-refractivity contribution is 7.14. The number of carbonyl (C=O) groups is 2. The number of anilines is 2. The van der Waals surface area contributed by atoms with E-state index in [-0.39, 0.29) is 5.91 Å². The molecule has 0 bridgehead atoms. The molecule has 0 atom stereocenters. The molecule has 0 saturated carbocycles. The summed E-state index contributed by atoms with van der Waals surface area (Å²) in [6, 6.07) is 13.9. The lowest BCUT2D eigenvalue weighted by atomic mass is 10.1. The third kappa shape index (κ3) is 5.39. The first kappa shape index (κ1) is 20.8. The largest absolute Gasteiger partial charge is 0.482 e. The molecule has 9 heteroatoms. The summed E-state index contributed by atoms with van der Waals surface area (Å²) in [6.45, 7) is 2.67. The topological polar surface area (TPSA) is 101 Å². The normalized spacial score (nSPS) is 13.6. The quantitative estimate of drug-likeness (QED) is 0.582. The Labute approximate surface area is 183 Å². The van der Waals surface area contributed by atoms with Gasteiger partial charge in [0, 0.05) is 35.3 Å². The number of carboxylic acid groups (broad SMARTS) is 1. The van der Waals surface area contributed by atoms with Crippen LogP contribution in [0.3, 0.4) is 0 Å². The van der Waals surface area contributed by atoms with E-state index >= 15 is 0 Å². The van der Waals surface area contributed by atoms with Crippen LogP contribution in [0, 0.1) is 0 Å². The number of carbonyl (C=O) groups excluding carboxylic acids is 1. The van der Waals surface area contributed by atoms with Gasteiger partial charge in [-0.15, -0.1) is 11.3 Å². The predicted octanol–water partition coefficient (Wildman–Crippen LogP) is 3.36. The van der Waals surface area contributed by atoms with Crippen LogP contribution in [-0.2, 0) is 9.53 Å². The number of rotatable bonds is 7. The smallest absolute Gasteiger partial charge is 0.341 e. The molecule has 1 aliphatic rings. The van der Waals surface area contributed by atoms with Gasteiger partial charge >= 0.3 is 5.97 Å². The summed E-state index contributed by atoms with van der Waals surface area (Å²) in [4.78, 5) is 30.1. The van der Waals surface area contributed by atoms with Crippen molar-refractivity contribution in [2.75, 3.05) is 43.1 Å². The number of aromatic nitrogens is 1. The summed E-state index contributed by atoms with van der Waals surface area (Å²) >= 11 is 1.61. The van der Waals surface area contributed by atoms with Gasteiger partial charge in [0.15, 0.2) is 11.7 Å². The fourth-order valence-corrected chi connectivity index (χ4v) is 3.99. The Morgan fingerprint density at radius 1 is 1.16 bits per heavy atom. The predicted molar refractivity (Wildman–Crippen MR) is 118 cm³/mol. The van der Waals surface area contributed by atoms with Crippen molar-refractivity contribution in [3.63, 3.8) is 0 Å². The SMILES string of the molecule is O=C(O)COc1cccc(C(=O)Nc2ccc(-c3csc(N4CCOCC4)n3)cc2)c1. The Morgan fingerprint density at radius 2 is 1.94 bits per heavy atom. The molecule has 0 spiro atoms. The molecule has 160 valence electrons. The van der Waals surface area contributed by atoms with Gasteiger partial charge in [0.25, 0.3) is 5.91 Å². The Kier molecular flexibility index (Phi) is 6.44. The number of hydrogen-bond donors (Lipinski definition) is 2. The van der Waals surface area contributed by atoms with E-state index in [4.69, 9.17) is 19.6 Å². The maximum absolute atomic E-state index is 12.5. The van der Waals surface area contributed by atoms with Crippen molar-refractivity contribution < 1.29 is 24.2 Å². The second-order valence-electron chi connectivity index (χ2n) is 6.86. The van der Waals surface area contributed by atoms with Crippen LogP contribution in [0.5, 0.6) is 5.75 Å². The molecule has 8 nitrogen and oxygen atoms in total. The Balaban J connectivity index is 1.39. The molecule has 2 heterocycles. The van der Waals surface area contributed by atoms with Gasteiger partial charge in [-0.2, -0.15) is 0 Å². The summed E-state index contributed by atoms with van der Waals surface area (Å²) < 4.78 is 10.5. The van der Waals surface area contributed by atoms with Gasteiger partial charge in [-0.25, -0.2) is 9.78 Å². The highest BCUT2D eigenvalue weighted by atomic mass is 32.1. The van der Waals surface area contributed by atoms with Crippen molar-refractivity contribution >= 4 is 34.0 Å². The van der Waals surface area contributed by atoms with Gasteiger partial charge in [-0.1, -0.05) is 18.2 Å². The lowest BCUT2D eigenvalue weighted by molar-refractivity contribution is -0.139. The van der Waals surface area contributed by atoms with Crippen molar-refractivity contribution in [3.8, 4) is 17.0 Å². The number of nitrogens with zero attached hydrogens (tertiary/aromatic N) is 2. The molecule has 0 unspecified atom stereocenters. The first-order valence-electron chi connectivity index (χ1n) is 9.73. The molecule has 1 amide bonds. The third-order valence-corrected chi connectivity index (χ3v) is 5.57. The standard InChI is InChI=1S/C22H21N3O5S/c26-20(27)13-30-18-3-1-2-16(12-18)21(28)23-17-6-4-15(5-7-17)19-14-31-22(24-19)25-8-10-29-11-9-25/h1-7,12,14H,8-11,13H2,(H,23,28)(H,26,27).